The Hall–Kier alpha value is -2.24. The van der Waals surface area contributed by atoms with E-state index in [9.17, 15) is 19.2 Å². The van der Waals surface area contributed by atoms with Crippen molar-refractivity contribution in [3.63, 3.8) is 0 Å². The lowest BCUT2D eigenvalue weighted by Gasteiger charge is -2.32. The molecule has 0 bridgehead atoms. The molecule has 3 saturated heterocycles. The fourth-order valence-electron chi connectivity index (χ4n) is 3.79. The van der Waals surface area contributed by atoms with E-state index in [-0.39, 0.29) is 12.5 Å². The van der Waals surface area contributed by atoms with E-state index >= 15 is 0 Å². The summed E-state index contributed by atoms with van der Waals surface area (Å²) >= 11 is 0. The molecule has 4 atom stereocenters. The standard InChI is InChI=1S/C16H25N5O6/c17-9(7-22)15(25)21-6-2-4-12(21)16(26)20-5-1-3-11(20)14(24)18-10-8-27-19-13(10)23/h9-12,22H,1-8,17H2,(H,18,24)(H,19,23)/t9-,10+,11-,12-/m0/s1. The second-order valence-electron chi connectivity index (χ2n) is 7.01. The molecule has 0 unspecified atom stereocenters. The first kappa shape index (κ1) is 19.5. The van der Waals surface area contributed by atoms with Gasteiger partial charge >= 0.3 is 0 Å². The van der Waals surface area contributed by atoms with Gasteiger partial charge in [0, 0.05) is 13.1 Å². The summed E-state index contributed by atoms with van der Waals surface area (Å²) in [5, 5.41) is 11.7. The molecule has 4 amide bonds. The zero-order chi connectivity index (χ0) is 19.6. The summed E-state index contributed by atoms with van der Waals surface area (Å²) in [5.41, 5.74) is 7.78. The van der Waals surface area contributed by atoms with Crippen LogP contribution in [0.3, 0.4) is 0 Å². The number of nitrogens with one attached hydrogen (secondary N) is 2. The number of hydrogen-bond donors (Lipinski definition) is 4. The Morgan fingerprint density at radius 3 is 2.52 bits per heavy atom. The molecule has 0 aromatic heterocycles. The first-order valence-corrected chi connectivity index (χ1v) is 9.13. The van der Waals surface area contributed by atoms with E-state index in [0.717, 1.165) is 0 Å². The van der Waals surface area contributed by atoms with Crippen molar-refractivity contribution in [2.75, 3.05) is 26.3 Å². The highest BCUT2D eigenvalue weighted by Gasteiger charge is 2.43. The summed E-state index contributed by atoms with van der Waals surface area (Å²) in [4.78, 5) is 57.1. The summed E-state index contributed by atoms with van der Waals surface area (Å²) in [6.45, 7) is 0.355. The van der Waals surface area contributed by atoms with Crippen LogP contribution in [0.1, 0.15) is 25.7 Å². The SMILES string of the molecule is N[C@@H](CO)C(=O)N1CCC[C@H]1C(=O)N1CCC[C@H]1C(=O)N[C@@H]1CONC1=O. The molecule has 0 spiro atoms. The molecule has 3 fully saturated rings. The minimum atomic E-state index is -1.06. The second-order valence-corrected chi connectivity index (χ2v) is 7.01. The lowest BCUT2D eigenvalue weighted by atomic mass is 10.1. The molecule has 3 rings (SSSR count). The van der Waals surface area contributed by atoms with Crippen LogP contribution in [-0.2, 0) is 24.0 Å². The van der Waals surface area contributed by atoms with Gasteiger partial charge in [0.05, 0.1) is 6.61 Å². The number of amides is 4. The highest BCUT2D eigenvalue weighted by molar-refractivity contribution is 5.95. The Morgan fingerprint density at radius 1 is 1.22 bits per heavy atom. The number of aliphatic hydroxyl groups is 1. The van der Waals surface area contributed by atoms with E-state index in [0.29, 0.717) is 38.8 Å². The molecule has 11 nitrogen and oxygen atoms in total. The molecule has 5 N–H and O–H groups in total. The van der Waals surface area contributed by atoms with Crippen LogP contribution < -0.4 is 16.5 Å². The van der Waals surface area contributed by atoms with Crippen molar-refractivity contribution in [3.05, 3.63) is 0 Å². The maximum Gasteiger partial charge on any atom is 0.268 e. The van der Waals surface area contributed by atoms with Crippen molar-refractivity contribution in [1.82, 2.24) is 20.6 Å². The predicted molar refractivity (Wildman–Crippen MR) is 90.6 cm³/mol. The molecule has 3 aliphatic heterocycles. The summed E-state index contributed by atoms with van der Waals surface area (Å²) in [7, 11) is 0. The van der Waals surface area contributed by atoms with Gasteiger partial charge in [-0.25, -0.2) is 5.48 Å². The van der Waals surface area contributed by atoms with Crippen LogP contribution in [0.4, 0.5) is 0 Å². The molecule has 0 aromatic carbocycles. The molecular weight excluding hydrogens is 358 g/mol. The molecule has 0 aromatic rings. The molecule has 0 aliphatic carbocycles. The topological polar surface area (TPSA) is 154 Å². The van der Waals surface area contributed by atoms with Gasteiger partial charge in [0.1, 0.15) is 30.8 Å². The van der Waals surface area contributed by atoms with E-state index in [1.807, 2.05) is 0 Å². The van der Waals surface area contributed by atoms with E-state index in [4.69, 9.17) is 15.7 Å². The largest absolute Gasteiger partial charge is 0.394 e. The van der Waals surface area contributed by atoms with Gasteiger partial charge in [0.25, 0.3) is 5.91 Å². The summed E-state index contributed by atoms with van der Waals surface area (Å²) in [6, 6.07) is -3.20. The van der Waals surface area contributed by atoms with Crippen molar-refractivity contribution in [2.24, 2.45) is 5.73 Å². The molecule has 0 radical (unpaired) electrons. The third kappa shape index (κ3) is 3.89. The van der Waals surface area contributed by atoms with Gasteiger partial charge in [0.2, 0.25) is 17.7 Å². The average Bonchev–Trinajstić information content (AvgIpc) is 3.40. The molecule has 150 valence electrons. The highest BCUT2D eigenvalue weighted by Crippen LogP contribution is 2.25. The fraction of sp³-hybridized carbons (Fsp3) is 0.750. The number of carbonyl (C=O) groups is 4. The van der Waals surface area contributed by atoms with E-state index in [1.165, 1.54) is 9.80 Å². The van der Waals surface area contributed by atoms with Crippen LogP contribution in [0.5, 0.6) is 0 Å². The van der Waals surface area contributed by atoms with E-state index in [2.05, 4.69) is 10.8 Å². The lowest BCUT2D eigenvalue weighted by Crippen LogP contribution is -2.56. The fourth-order valence-corrected chi connectivity index (χ4v) is 3.79. The number of hydroxylamine groups is 1. The number of hydrogen-bond acceptors (Lipinski definition) is 7. The van der Waals surface area contributed by atoms with Gasteiger partial charge in [-0.1, -0.05) is 0 Å². The molecular formula is C16H25N5O6. The van der Waals surface area contributed by atoms with Crippen LogP contribution in [0.25, 0.3) is 0 Å². The first-order valence-electron chi connectivity index (χ1n) is 9.13. The maximum atomic E-state index is 13.0. The Labute approximate surface area is 156 Å². The number of nitrogens with two attached hydrogens (primary N) is 1. The van der Waals surface area contributed by atoms with Crippen LogP contribution >= 0.6 is 0 Å². The molecule has 0 saturated carbocycles. The van der Waals surface area contributed by atoms with Gasteiger partial charge in [-0.15, -0.1) is 0 Å². The summed E-state index contributed by atoms with van der Waals surface area (Å²) < 4.78 is 0. The summed E-state index contributed by atoms with van der Waals surface area (Å²) in [5.74, 6) is -1.59. The molecule has 3 heterocycles. The van der Waals surface area contributed by atoms with Crippen LogP contribution in [0, 0.1) is 0 Å². The Morgan fingerprint density at radius 2 is 1.89 bits per heavy atom. The third-order valence-electron chi connectivity index (χ3n) is 5.23. The van der Waals surface area contributed by atoms with Gasteiger partial charge in [-0.2, -0.15) is 0 Å². The highest BCUT2D eigenvalue weighted by atomic mass is 16.7. The Balaban J connectivity index is 1.66. The van der Waals surface area contributed by atoms with Crippen LogP contribution in [0.2, 0.25) is 0 Å². The average molecular weight is 383 g/mol. The van der Waals surface area contributed by atoms with Gasteiger partial charge in [-0.3, -0.25) is 24.0 Å². The van der Waals surface area contributed by atoms with Crippen molar-refractivity contribution >= 4 is 23.6 Å². The zero-order valence-corrected chi connectivity index (χ0v) is 14.9. The Kier molecular flexibility index (Phi) is 5.92. The smallest absolute Gasteiger partial charge is 0.268 e. The monoisotopic (exact) mass is 383 g/mol. The lowest BCUT2D eigenvalue weighted by molar-refractivity contribution is -0.147. The van der Waals surface area contributed by atoms with Crippen molar-refractivity contribution in [1.29, 1.82) is 0 Å². The number of rotatable bonds is 5. The third-order valence-corrected chi connectivity index (χ3v) is 5.23. The maximum absolute atomic E-state index is 13.0. The van der Waals surface area contributed by atoms with Gasteiger partial charge in [0.15, 0.2) is 0 Å². The van der Waals surface area contributed by atoms with Crippen molar-refractivity contribution < 1.29 is 29.1 Å². The quantitative estimate of drug-likeness (QED) is 0.390. The van der Waals surface area contributed by atoms with Crippen LogP contribution in [-0.4, -0.2) is 89.0 Å². The number of likely N-dealkylation sites (tertiary alicyclic amines) is 2. The summed E-state index contributed by atoms with van der Waals surface area (Å²) in [6.07, 6.45) is 2.30. The van der Waals surface area contributed by atoms with Gasteiger partial charge < -0.3 is 26.0 Å². The minimum absolute atomic E-state index is 0.0369. The zero-order valence-electron chi connectivity index (χ0n) is 14.9. The predicted octanol–water partition coefficient (Wildman–Crippen LogP) is -3.17. The van der Waals surface area contributed by atoms with Crippen molar-refractivity contribution in [3.8, 4) is 0 Å². The minimum Gasteiger partial charge on any atom is -0.394 e. The normalized spacial score (nSPS) is 29.0. The van der Waals surface area contributed by atoms with Crippen molar-refractivity contribution in [2.45, 2.75) is 49.9 Å². The van der Waals surface area contributed by atoms with E-state index < -0.39 is 48.5 Å². The number of carbonyl (C=O) groups excluding carboxylic acids is 4. The van der Waals surface area contributed by atoms with E-state index in [1.54, 1.807) is 0 Å². The second kappa shape index (κ2) is 8.19. The van der Waals surface area contributed by atoms with Gasteiger partial charge in [-0.05, 0) is 25.7 Å². The van der Waals surface area contributed by atoms with Crippen LogP contribution in [0.15, 0.2) is 0 Å². The molecule has 3 aliphatic rings. The first-order chi connectivity index (χ1) is 12.9. The Bertz CT molecular complexity index is 628. The molecule has 27 heavy (non-hydrogen) atoms. The number of nitrogens with zero attached hydrogens (tertiary/aromatic N) is 2. The molecule has 11 heteroatoms. The number of aliphatic hydroxyl groups excluding tert-OH is 1.